The number of hydrogen-bond donors (Lipinski definition) is 2. The first kappa shape index (κ1) is 20.0. The van der Waals surface area contributed by atoms with Crippen molar-refractivity contribution in [2.75, 3.05) is 17.2 Å². The van der Waals surface area contributed by atoms with E-state index in [0.29, 0.717) is 17.1 Å². The van der Waals surface area contributed by atoms with E-state index in [-0.39, 0.29) is 18.2 Å². The van der Waals surface area contributed by atoms with Gasteiger partial charge in [-0.05, 0) is 44.0 Å². The van der Waals surface area contributed by atoms with Crippen LogP contribution in [0.3, 0.4) is 0 Å². The number of esters is 1. The molecule has 0 fully saturated rings. The molecule has 0 atom stereocenters. The van der Waals surface area contributed by atoms with Crippen LogP contribution in [0.25, 0.3) is 0 Å². The Morgan fingerprint density at radius 3 is 2.45 bits per heavy atom. The van der Waals surface area contributed by atoms with Crippen molar-refractivity contribution in [3.8, 4) is 0 Å². The predicted molar refractivity (Wildman–Crippen MR) is 112 cm³/mol. The lowest BCUT2D eigenvalue weighted by Gasteiger charge is -2.12. The summed E-state index contributed by atoms with van der Waals surface area (Å²) in [6.45, 7) is 5.90. The van der Waals surface area contributed by atoms with E-state index in [1.54, 1.807) is 31.2 Å². The molecule has 0 spiro atoms. The van der Waals surface area contributed by atoms with E-state index in [1.807, 2.05) is 32.0 Å². The Labute approximate surface area is 169 Å². The molecule has 0 aliphatic carbocycles. The average Bonchev–Trinajstić information content (AvgIpc) is 2.71. The van der Waals surface area contributed by atoms with Gasteiger partial charge in [-0.25, -0.2) is 14.8 Å². The summed E-state index contributed by atoms with van der Waals surface area (Å²) >= 11 is 0. The summed E-state index contributed by atoms with van der Waals surface area (Å²) in [5.41, 5.74) is 3.82. The van der Waals surface area contributed by atoms with Crippen LogP contribution in [0.4, 0.5) is 17.2 Å². The molecule has 0 aliphatic heterocycles. The summed E-state index contributed by atoms with van der Waals surface area (Å²) in [7, 11) is 0. The Balaban J connectivity index is 1.82. The molecule has 3 rings (SSSR count). The normalized spacial score (nSPS) is 10.3. The maximum absolute atomic E-state index is 12.7. The summed E-state index contributed by atoms with van der Waals surface area (Å²) in [6, 6.07) is 14.3. The number of aromatic nitrogens is 2. The topological polar surface area (TPSA) is 93.2 Å². The van der Waals surface area contributed by atoms with Crippen molar-refractivity contribution >= 4 is 29.1 Å². The van der Waals surface area contributed by atoms with Gasteiger partial charge < -0.3 is 15.4 Å². The minimum atomic E-state index is -0.433. The van der Waals surface area contributed by atoms with Gasteiger partial charge in [0.15, 0.2) is 0 Å². The first-order valence-corrected chi connectivity index (χ1v) is 9.22. The fraction of sp³-hybridized carbons (Fsp3) is 0.182. The van der Waals surface area contributed by atoms with E-state index in [9.17, 15) is 9.59 Å². The predicted octanol–water partition coefficient (Wildman–Crippen LogP) is 4.27. The fourth-order valence-electron chi connectivity index (χ4n) is 2.86. The highest BCUT2D eigenvalue weighted by Crippen LogP contribution is 2.22. The standard InChI is InChI=1S/C22H22N4O3/c1-4-29-22(28)16-10-5-6-11-17(16)25-19-12-18(23-13-24-19)21(27)26-20-14(2)8-7-9-15(20)3/h5-13H,4H2,1-3H3,(H,26,27)(H,23,24,25). The van der Waals surface area contributed by atoms with Crippen LogP contribution >= 0.6 is 0 Å². The molecule has 7 heteroatoms. The summed E-state index contributed by atoms with van der Waals surface area (Å²) in [5.74, 6) is -0.382. The lowest BCUT2D eigenvalue weighted by atomic mass is 10.1. The van der Waals surface area contributed by atoms with Gasteiger partial charge in [0.25, 0.3) is 5.91 Å². The van der Waals surface area contributed by atoms with Gasteiger partial charge >= 0.3 is 5.97 Å². The second kappa shape index (κ2) is 8.97. The van der Waals surface area contributed by atoms with Gasteiger partial charge in [0, 0.05) is 11.8 Å². The Bertz CT molecular complexity index is 1030. The highest BCUT2D eigenvalue weighted by Gasteiger charge is 2.15. The number of nitrogens with zero attached hydrogens (tertiary/aromatic N) is 2. The highest BCUT2D eigenvalue weighted by atomic mass is 16.5. The largest absolute Gasteiger partial charge is 0.462 e. The quantitative estimate of drug-likeness (QED) is 0.611. The Hall–Kier alpha value is -3.74. The lowest BCUT2D eigenvalue weighted by Crippen LogP contribution is -2.16. The molecule has 0 saturated carbocycles. The van der Waals surface area contributed by atoms with Crippen molar-refractivity contribution in [2.45, 2.75) is 20.8 Å². The number of benzene rings is 2. The monoisotopic (exact) mass is 390 g/mol. The first-order chi connectivity index (χ1) is 14.0. The molecule has 1 amide bonds. The lowest BCUT2D eigenvalue weighted by molar-refractivity contribution is 0.0527. The second-order valence-corrected chi connectivity index (χ2v) is 6.40. The van der Waals surface area contributed by atoms with Gasteiger partial charge in [-0.15, -0.1) is 0 Å². The number of rotatable bonds is 6. The van der Waals surface area contributed by atoms with Crippen molar-refractivity contribution in [2.24, 2.45) is 0 Å². The van der Waals surface area contributed by atoms with E-state index >= 15 is 0 Å². The van der Waals surface area contributed by atoms with Crippen molar-refractivity contribution < 1.29 is 14.3 Å². The van der Waals surface area contributed by atoms with Crippen LogP contribution in [0, 0.1) is 13.8 Å². The number of para-hydroxylation sites is 2. The van der Waals surface area contributed by atoms with Gasteiger partial charge in [0.2, 0.25) is 0 Å². The molecule has 29 heavy (non-hydrogen) atoms. The molecule has 0 saturated heterocycles. The van der Waals surface area contributed by atoms with E-state index < -0.39 is 5.97 Å². The zero-order valence-corrected chi connectivity index (χ0v) is 16.5. The van der Waals surface area contributed by atoms with E-state index in [2.05, 4.69) is 20.6 Å². The van der Waals surface area contributed by atoms with Crippen LogP contribution in [0.2, 0.25) is 0 Å². The van der Waals surface area contributed by atoms with Crippen molar-refractivity contribution in [3.05, 3.63) is 77.2 Å². The third-order valence-corrected chi connectivity index (χ3v) is 4.30. The number of anilines is 3. The molecule has 0 aliphatic rings. The molecule has 148 valence electrons. The fourth-order valence-corrected chi connectivity index (χ4v) is 2.86. The molecule has 7 nitrogen and oxygen atoms in total. The number of carbonyl (C=O) groups is 2. The molecule has 3 aromatic rings. The van der Waals surface area contributed by atoms with Gasteiger partial charge in [-0.2, -0.15) is 0 Å². The van der Waals surface area contributed by atoms with Crippen molar-refractivity contribution in [3.63, 3.8) is 0 Å². The van der Waals surface area contributed by atoms with Crippen LogP contribution in [0.1, 0.15) is 38.9 Å². The SMILES string of the molecule is CCOC(=O)c1ccccc1Nc1cc(C(=O)Nc2c(C)cccc2C)ncn1. The second-order valence-electron chi connectivity index (χ2n) is 6.40. The van der Waals surface area contributed by atoms with Crippen molar-refractivity contribution in [1.29, 1.82) is 0 Å². The molecule has 0 unspecified atom stereocenters. The van der Waals surface area contributed by atoms with E-state index in [4.69, 9.17) is 4.74 Å². The van der Waals surface area contributed by atoms with Gasteiger partial charge in [-0.3, -0.25) is 4.79 Å². The average molecular weight is 390 g/mol. The van der Waals surface area contributed by atoms with Gasteiger partial charge in [0.1, 0.15) is 17.8 Å². The van der Waals surface area contributed by atoms with Gasteiger partial charge in [-0.1, -0.05) is 30.3 Å². The number of hydrogen-bond acceptors (Lipinski definition) is 6. The van der Waals surface area contributed by atoms with Gasteiger partial charge in [0.05, 0.1) is 17.9 Å². The molecule has 0 bridgehead atoms. The van der Waals surface area contributed by atoms with Crippen LogP contribution in [0.5, 0.6) is 0 Å². The van der Waals surface area contributed by atoms with E-state index in [0.717, 1.165) is 16.8 Å². The zero-order valence-electron chi connectivity index (χ0n) is 16.5. The van der Waals surface area contributed by atoms with Crippen LogP contribution in [0.15, 0.2) is 54.9 Å². The molecule has 1 aromatic heterocycles. The molecule has 2 N–H and O–H groups in total. The molecular weight excluding hydrogens is 368 g/mol. The minimum Gasteiger partial charge on any atom is -0.462 e. The third kappa shape index (κ3) is 4.76. The smallest absolute Gasteiger partial charge is 0.340 e. The van der Waals surface area contributed by atoms with Crippen LogP contribution < -0.4 is 10.6 Å². The maximum atomic E-state index is 12.7. The Kier molecular flexibility index (Phi) is 6.19. The zero-order chi connectivity index (χ0) is 20.8. The molecular formula is C22H22N4O3. The minimum absolute atomic E-state index is 0.207. The number of amides is 1. The molecule has 0 radical (unpaired) electrons. The Morgan fingerprint density at radius 2 is 1.72 bits per heavy atom. The summed E-state index contributed by atoms with van der Waals surface area (Å²) < 4.78 is 5.08. The maximum Gasteiger partial charge on any atom is 0.340 e. The molecule has 2 aromatic carbocycles. The summed E-state index contributed by atoms with van der Waals surface area (Å²) in [5, 5.41) is 5.96. The number of ether oxygens (including phenoxy) is 1. The van der Waals surface area contributed by atoms with Crippen molar-refractivity contribution in [1.82, 2.24) is 9.97 Å². The summed E-state index contributed by atoms with van der Waals surface area (Å²) in [4.78, 5) is 33.0. The number of carbonyl (C=O) groups excluding carboxylic acids is 2. The van der Waals surface area contributed by atoms with Crippen LogP contribution in [-0.2, 0) is 4.74 Å². The number of aryl methyl sites for hydroxylation is 2. The van der Waals surface area contributed by atoms with E-state index in [1.165, 1.54) is 12.4 Å². The highest BCUT2D eigenvalue weighted by molar-refractivity contribution is 6.04. The molecule has 1 heterocycles. The Morgan fingerprint density at radius 1 is 1.00 bits per heavy atom. The number of nitrogens with one attached hydrogen (secondary N) is 2. The van der Waals surface area contributed by atoms with Crippen LogP contribution in [-0.4, -0.2) is 28.5 Å². The summed E-state index contributed by atoms with van der Waals surface area (Å²) in [6.07, 6.45) is 1.30. The first-order valence-electron chi connectivity index (χ1n) is 9.22. The third-order valence-electron chi connectivity index (χ3n) is 4.30.